The summed E-state index contributed by atoms with van der Waals surface area (Å²) < 4.78 is 5.29. The van der Waals surface area contributed by atoms with Crippen molar-refractivity contribution in [2.24, 2.45) is 5.73 Å². The Balaban J connectivity index is 2.93. The first kappa shape index (κ1) is 8.81. The molecule has 2 rings (SSSR count). The fourth-order valence-electron chi connectivity index (χ4n) is 1.81. The van der Waals surface area contributed by atoms with E-state index in [0.29, 0.717) is 5.56 Å². The van der Waals surface area contributed by atoms with Crippen LogP contribution in [-0.2, 0) is 0 Å². The summed E-state index contributed by atoms with van der Waals surface area (Å²) in [6, 6.07) is 3.68. The topological polar surface area (TPSA) is 56.2 Å². The Hall–Kier alpha value is -1.77. The van der Waals surface area contributed by atoms with E-state index in [1.54, 1.807) is 12.3 Å². The summed E-state index contributed by atoms with van der Waals surface area (Å²) >= 11 is 0. The molecule has 1 amide bonds. The van der Waals surface area contributed by atoms with Crippen LogP contribution in [0.3, 0.4) is 0 Å². The van der Waals surface area contributed by atoms with Gasteiger partial charge in [0.2, 0.25) is 5.91 Å². The Morgan fingerprint density at radius 1 is 1.36 bits per heavy atom. The van der Waals surface area contributed by atoms with Crippen LogP contribution < -0.4 is 5.73 Å². The van der Waals surface area contributed by atoms with Gasteiger partial charge in [0.25, 0.3) is 0 Å². The molecule has 0 fully saturated rings. The molecule has 0 bridgehead atoms. The standard InChI is InChI=1S/C11H11NO2/c1-6-5-7(2)10-8(3-4-14-10)9(6)11(12)13/h3-5H,1-2H3,(H2,12,13). The monoisotopic (exact) mass is 189 g/mol. The van der Waals surface area contributed by atoms with E-state index >= 15 is 0 Å². The fraction of sp³-hybridized carbons (Fsp3) is 0.182. The van der Waals surface area contributed by atoms with Crippen molar-refractivity contribution in [2.45, 2.75) is 13.8 Å². The SMILES string of the molecule is Cc1cc(C)c2occc2c1C(N)=O. The molecule has 0 aliphatic heterocycles. The Bertz CT molecular complexity index is 511. The van der Waals surface area contributed by atoms with E-state index in [0.717, 1.165) is 22.1 Å². The lowest BCUT2D eigenvalue weighted by molar-refractivity contribution is 0.100. The molecular weight excluding hydrogens is 178 g/mol. The maximum absolute atomic E-state index is 11.2. The Morgan fingerprint density at radius 2 is 2.07 bits per heavy atom. The lowest BCUT2D eigenvalue weighted by Gasteiger charge is -2.04. The molecule has 0 saturated carbocycles. The number of primary amides is 1. The van der Waals surface area contributed by atoms with E-state index in [9.17, 15) is 4.79 Å². The van der Waals surface area contributed by atoms with Crippen LogP contribution in [0.4, 0.5) is 0 Å². The first-order valence-corrected chi connectivity index (χ1v) is 4.38. The quantitative estimate of drug-likeness (QED) is 0.747. The Kier molecular flexibility index (Phi) is 1.81. The van der Waals surface area contributed by atoms with Crippen LogP contribution in [0.25, 0.3) is 11.0 Å². The molecule has 1 aromatic heterocycles. The Labute approximate surface area is 81.5 Å². The van der Waals surface area contributed by atoms with E-state index < -0.39 is 5.91 Å². The highest BCUT2D eigenvalue weighted by Gasteiger charge is 2.13. The molecule has 3 nitrogen and oxygen atoms in total. The largest absolute Gasteiger partial charge is 0.464 e. The lowest BCUT2D eigenvalue weighted by Crippen LogP contribution is -2.13. The number of furan rings is 1. The van der Waals surface area contributed by atoms with Crippen LogP contribution in [0.1, 0.15) is 21.5 Å². The van der Waals surface area contributed by atoms with Crippen molar-refractivity contribution in [3.05, 3.63) is 35.1 Å². The number of aryl methyl sites for hydroxylation is 2. The molecule has 0 aliphatic rings. The van der Waals surface area contributed by atoms with Crippen molar-refractivity contribution in [2.75, 3.05) is 0 Å². The van der Waals surface area contributed by atoms with Gasteiger partial charge in [-0.15, -0.1) is 0 Å². The predicted octanol–water partition coefficient (Wildman–Crippen LogP) is 2.15. The molecule has 0 atom stereocenters. The maximum atomic E-state index is 11.2. The molecule has 0 saturated heterocycles. The predicted molar refractivity (Wildman–Crippen MR) is 54.2 cm³/mol. The minimum absolute atomic E-state index is 0.408. The number of hydrogen-bond acceptors (Lipinski definition) is 2. The average molecular weight is 189 g/mol. The van der Waals surface area contributed by atoms with Gasteiger partial charge in [-0.3, -0.25) is 4.79 Å². The van der Waals surface area contributed by atoms with Gasteiger partial charge in [0.1, 0.15) is 5.58 Å². The van der Waals surface area contributed by atoms with Crippen molar-refractivity contribution in [3.8, 4) is 0 Å². The summed E-state index contributed by atoms with van der Waals surface area (Å²) in [6.45, 7) is 3.82. The molecule has 1 aromatic carbocycles. The van der Waals surface area contributed by atoms with E-state index in [1.807, 2.05) is 19.9 Å². The second kappa shape index (κ2) is 2.87. The second-order valence-corrected chi connectivity index (χ2v) is 3.41. The zero-order chi connectivity index (χ0) is 10.3. The number of hydrogen-bond donors (Lipinski definition) is 1. The summed E-state index contributed by atoms with van der Waals surface area (Å²) in [7, 11) is 0. The van der Waals surface area contributed by atoms with E-state index in [4.69, 9.17) is 10.2 Å². The molecule has 2 aromatic rings. The third-order valence-corrected chi connectivity index (χ3v) is 2.37. The van der Waals surface area contributed by atoms with Crippen molar-refractivity contribution in [1.29, 1.82) is 0 Å². The molecular formula is C11H11NO2. The molecule has 0 aliphatic carbocycles. The molecule has 14 heavy (non-hydrogen) atoms. The minimum atomic E-state index is -0.408. The smallest absolute Gasteiger partial charge is 0.249 e. The highest BCUT2D eigenvalue weighted by atomic mass is 16.3. The van der Waals surface area contributed by atoms with Crippen LogP contribution >= 0.6 is 0 Å². The minimum Gasteiger partial charge on any atom is -0.464 e. The van der Waals surface area contributed by atoms with Crippen LogP contribution in [-0.4, -0.2) is 5.91 Å². The van der Waals surface area contributed by atoms with E-state index in [-0.39, 0.29) is 0 Å². The summed E-state index contributed by atoms with van der Waals surface area (Å²) in [5, 5.41) is 0.801. The van der Waals surface area contributed by atoms with Gasteiger partial charge < -0.3 is 10.2 Å². The summed E-state index contributed by atoms with van der Waals surface area (Å²) in [5.41, 5.74) is 8.52. The van der Waals surface area contributed by atoms with Gasteiger partial charge in [0, 0.05) is 5.39 Å². The lowest BCUT2D eigenvalue weighted by atomic mass is 10.0. The molecule has 1 heterocycles. The highest BCUT2D eigenvalue weighted by molar-refractivity contribution is 6.07. The Morgan fingerprint density at radius 3 is 2.71 bits per heavy atom. The summed E-state index contributed by atoms with van der Waals surface area (Å²) in [5.74, 6) is -0.408. The first-order valence-electron chi connectivity index (χ1n) is 4.38. The number of rotatable bonds is 1. The average Bonchev–Trinajstić information content (AvgIpc) is 2.51. The molecule has 0 radical (unpaired) electrons. The van der Waals surface area contributed by atoms with E-state index in [2.05, 4.69) is 0 Å². The molecule has 0 unspecified atom stereocenters. The zero-order valence-corrected chi connectivity index (χ0v) is 8.13. The number of carbonyl (C=O) groups excluding carboxylic acids is 1. The van der Waals surface area contributed by atoms with Gasteiger partial charge in [-0.1, -0.05) is 6.07 Å². The number of nitrogens with two attached hydrogens (primary N) is 1. The van der Waals surface area contributed by atoms with Crippen LogP contribution in [0.2, 0.25) is 0 Å². The number of carbonyl (C=O) groups is 1. The summed E-state index contributed by atoms with van der Waals surface area (Å²) in [4.78, 5) is 11.2. The molecule has 3 heteroatoms. The normalized spacial score (nSPS) is 10.7. The van der Waals surface area contributed by atoms with Crippen molar-refractivity contribution in [1.82, 2.24) is 0 Å². The van der Waals surface area contributed by atoms with Crippen molar-refractivity contribution >= 4 is 16.9 Å². The third-order valence-electron chi connectivity index (χ3n) is 2.37. The van der Waals surface area contributed by atoms with Gasteiger partial charge >= 0.3 is 0 Å². The summed E-state index contributed by atoms with van der Waals surface area (Å²) in [6.07, 6.45) is 1.57. The number of amides is 1. The maximum Gasteiger partial charge on any atom is 0.249 e. The van der Waals surface area contributed by atoms with Crippen LogP contribution in [0.5, 0.6) is 0 Å². The van der Waals surface area contributed by atoms with Crippen molar-refractivity contribution in [3.63, 3.8) is 0 Å². The van der Waals surface area contributed by atoms with Crippen LogP contribution in [0, 0.1) is 13.8 Å². The zero-order valence-electron chi connectivity index (χ0n) is 8.13. The van der Waals surface area contributed by atoms with Gasteiger partial charge in [-0.25, -0.2) is 0 Å². The fourth-order valence-corrected chi connectivity index (χ4v) is 1.81. The molecule has 2 N–H and O–H groups in total. The third kappa shape index (κ3) is 1.09. The van der Waals surface area contributed by atoms with Gasteiger partial charge in [0.05, 0.1) is 11.8 Å². The van der Waals surface area contributed by atoms with E-state index in [1.165, 1.54) is 0 Å². The second-order valence-electron chi connectivity index (χ2n) is 3.41. The molecule has 0 spiro atoms. The number of fused-ring (bicyclic) bond motifs is 1. The van der Waals surface area contributed by atoms with Gasteiger partial charge in [0.15, 0.2) is 0 Å². The number of benzene rings is 1. The van der Waals surface area contributed by atoms with Gasteiger partial charge in [-0.05, 0) is 31.0 Å². The van der Waals surface area contributed by atoms with Gasteiger partial charge in [-0.2, -0.15) is 0 Å². The van der Waals surface area contributed by atoms with Crippen molar-refractivity contribution < 1.29 is 9.21 Å². The molecule has 72 valence electrons. The highest BCUT2D eigenvalue weighted by Crippen LogP contribution is 2.26. The first-order chi connectivity index (χ1) is 6.61. The van der Waals surface area contributed by atoms with Crippen LogP contribution in [0.15, 0.2) is 22.8 Å².